The van der Waals surface area contributed by atoms with E-state index in [1.807, 2.05) is 42.7 Å². The van der Waals surface area contributed by atoms with Crippen molar-refractivity contribution in [1.29, 1.82) is 0 Å². The SMILES string of the molecule is CSc1cccc(NC(=O)c2cc3cc4cc(C)ccc4nc3s2)c1. The van der Waals surface area contributed by atoms with E-state index in [4.69, 9.17) is 4.98 Å². The molecule has 0 fully saturated rings. The maximum atomic E-state index is 12.6. The number of thiophene rings is 1. The Bertz CT molecular complexity index is 1100. The van der Waals surface area contributed by atoms with Crippen molar-refractivity contribution >= 4 is 55.8 Å². The van der Waals surface area contributed by atoms with Crippen molar-refractivity contribution in [3.8, 4) is 0 Å². The largest absolute Gasteiger partial charge is 0.321 e. The smallest absolute Gasteiger partial charge is 0.265 e. The summed E-state index contributed by atoms with van der Waals surface area (Å²) in [6.07, 6.45) is 2.02. The predicted octanol–water partition coefficient (Wildman–Crippen LogP) is 5.73. The van der Waals surface area contributed by atoms with Crippen LogP contribution in [0.2, 0.25) is 0 Å². The summed E-state index contributed by atoms with van der Waals surface area (Å²) in [5.41, 5.74) is 2.97. The molecule has 4 aromatic rings. The zero-order valence-corrected chi connectivity index (χ0v) is 15.5. The van der Waals surface area contributed by atoms with Crippen LogP contribution in [0.4, 0.5) is 5.69 Å². The number of nitrogens with zero attached hydrogens (tertiary/aromatic N) is 1. The molecule has 0 saturated heterocycles. The number of aryl methyl sites for hydroxylation is 1. The van der Waals surface area contributed by atoms with Gasteiger partial charge >= 0.3 is 0 Å². The first kappa shape index (κ1) is 16.1. The number of aromatic nitrogens is 1. The highest BCUT2D eigenvalue weighted by Crippen LogP contribution is 2.29. The molecule has 4 rings (SSSR count). The fourth-order valence-electron chi connectivity index (χ4n) is 2.76. The molecule has 1 N–H and O–H groups in total. The highest BCUT2D eigenvalue weighted by Gasteiger charge is 2.12. The van der Waals surface area contributed by atoms with Crippen LogP contribution < -0.4 is 5.32 Å². The molecule has 2 aromatic carbocycles. The Kier molecular flexibility index (Phi) is 4.19. The topological polar surface area (TPSA) is 42.0 Å². The Balaban J connectivity index is 1.68. The average Bonchev–Trinajstić information content (AvgIpc) is 3.03. The van der Waals surface area contributed by atoms with E-state index in [-0.39, 0.29) is 5.91 Å². The molecule has 0 spiro atoms. The molecular formula is C20H16N2OS2. The zero-order valence-electron chi connectivity index (χ0n) is 13.9. The molecule has 3 nitrogen and oxygen atoms in total. The molecule has 25 heavy (non-hydrogen) atoms. The lowest BCUT2D eigenvalue weighted by Gasteiger charge is -2.04. The van der Waals surface area contributed by atoms with E-state index < -0.39 is 0 Å². The van der Waals surface area contributed by atoms with Crippen molar-refractivity contribution in [3.63, 3.8) is 0 Å². The van der Waals surface area contributed by atoms with Gasteiger partial charge in [-0.25, -0.2) is 4.98 Å². The standard InChI is InChI=1S/C20H16N2OS2/c1-12-6-7-17-13(8-12)9-14-10-18(25-20(14)22-17)19(23)21-15-4-3-5-16(11-15)24-2/h3-11H,1-2H3,(H,21,23). The lowest BCUT2D eigenvalue weighted by Crippen LogP contribution is -2.09. The number of fused-ring (bicyclic) bond motifs is 2. The molecule has 0 radical (unpaired) electrons. The minimum atomic E-state index is -0.0958. The van der Waals surface area contributed by atoms with E-state index in [9.17, 15) is 4.79 Å². The second kappa shape index (κ2) is 6.50. The van der Waals surface area contributed by atoms with Crippen molar-refractivity contribution in [2.24, 2.45) is 0 Å². The third kappa shape index (κ3) is 3.25. The van der Waals surface area contributed by atoms with Crippen LogP contribution in [0.25, 0.3) is 21.1 Å². The minimum Gasteiger partial charge on any atom is -0.321 e. The normalized spacial score (nSPS) is 11.1. The lowest BCUT2D eigenvalue weighted by atomic mass is 10.1. The summed E-state index contributed by atoms with van der Waals surface area (Å²) in [5, 5.41) is 5.08. The number of hydrogen-bond acceptors (Lipinski definition) is 4. The molecule has 1 amide bonds. The first-order chi connectivity index (χ1) is 12.1. The predicted molar refractivity (Wildman–Crippen MR) is 108 cm³/mol. The number of rotatable bonds is 3. The van der Waals surface area contributed by atoms with Crippen molar-refractivity contribution in [1.82, 2.24) is 4.98 Å². The molecule has 0 saturated carbocycles. The third-order valence-electron chi connectivity index (χ3n) is 4.01. The molecule has 0 aliphatic heterocycles. The van der Waals surface area contributed by atoms with E-state index in [0.29, 0.717) is 4.88 Å². The quantitative estimate of drug-likeness (QED) is 0.472. The van der Waals surface area contributed by atoms with Crippen molar-refractivity contribution in [3.05, 3.63) is 65.0 Å². The molecular weight excluding hydrogens is 348 g/mol. The highest BCUT2D eigenvalue weighted by atomic mass is 32.2. The van der Waals surface area contributed by atoms with Gasteiger partial charge in [0.2, 0.25) is 0 Å². The summed E-state index contributed by atoms with van der Waals surface area (Å²) in [5.74, 6) is -0.0958. The summed E-state index contributed by atoms with van der Waals surface area (Å²) in [6.45, 7) is 2.07. The molecule has 124 valence electrons. The van der Waals surface area contributed by atoms with E-state index in [0.717, 1.165) is 31.7 Å². The summed E-state index contributed by atoms with van der Waals surface area (Å²) in [6, 6.07) is 18.1. The lowest BCUT2D eigenvalue weighted by molar-refractivity contribution is 0.103. The van der Waals surface area contributed by atoms with Gasteiger partial charge in [-0.3, -0.25) is 4.79 Å². The zero-order chi connectivity index (χ0) is 17.4. The molecule has 2 heterocycles. The van der Waals surface area contributed by atoms with Gasteiger partial charge in [0.05, 0.1) is 10.4 Å². The fourth-order valence-corrected chi connectivity index (χ4v) is 4.14. The number of carbonyl (C=O) groups excluding carboxylic acids is 1. The summed E-state index contributed by atoms with van der Waals surface area (Å²) < 4.78 is 0. The molecule has 0 unspecified atom stereocenters. The summed E-state index contributed by atoms with van der Waals surface area (Å²) >= 11 is 3.08. The van der Waals surface area contributed by atoms with Crippen LogP contribution in [0.1, 0.15) is 15.2 Å². The van der Waals surface area contributed by atoms with Gasteiger partial charge in [-0.05, 0) is 55.6 Å². The van der Waals surface area contributed by atoms with Gasteiger partial charge in [0.15, 0.2) is 0 Å². The number of thioether (sulfide) groups is 1. The summed E-state index contributed by atoms with van der Waals surface area (Å²) in [7, 11) is 0. The number of pyridine rings is 1. The van der Waals surface area contributed by atoms with Gasteiger partial charge in [-0.2, -0.15) is 0 Å². The molecule has 5 heteroatoms. The number of nitrogens with one attached hydrogen (secondary N) is 1. The minimum absolute atomic E-state index is 0.0958. The van der Waals surface area contributed by atoms with Crippen molar-refractivity contribution in [2.75, 3.05) is 11.6 Å². The molecule has 0 aliphatic rings. The van der Waals surface area contributed by atoms with E-state index in [1.165, 1.54) is 16.9 Å². The maximum Gasteiger partial charge on any atom is 0.265 e. The second-order valence-corrected chi connectivity index (χ2v) is 7.79. The molecule has 2 aromatic heterocycles. The van der Waals surface area contributed by atoms with Gasteiger partial charge in [0.1, 0.15) is 4.83 Å². The molecule has 0 bridgehead atoms. The third-order valence-corrected chi connectivity index (χ3v) is 5.78. The Morgan fingerprint density at radius 3 is 2.80 bits per heavy atom. The molecule has 0 aliphatic carbocycles. The number of carbonyl (C=O) groups is 1. The number of benzene rings is 2. The van der Waals surface area contributed by atoms with Gasteiger partial charge in [-0.15, -0.1) is 23.1 Å². The van der Waals surface area contributed by atoms with Crippen LogP contribution in [-0.4, -0.2) is 17.1 Å². The van der Waals surface area contributed by atoms with E-state index in [2.05, 4.69) is 30.4 Å². The Labute approximate surface area is 154 Å². The Morgan fingerprint density at radius 1 is 1.08 bits per heavy atom. The number of hydrogen-bond donors (Lipinski definition) is 1. The van der Waals surface area contributed by atoms with E-state index >= 15 is 0 Å². The maximum absolute atomic E-state index is 12.6. The van der Waals surface area contributed by atoms with Crippen LogP contribution in [0.5, 0.6) is 0 Å². The van der Waals surface area contributed by atoms with Crippen LogP contribution in [-0.2, 0) is 0 Å². The average molecular weight is 364 g/mol. The van der Waals surface area contributed by atoms with Crippen LogP contribution in [0.15, 0.2) is 59.5 Å². The van der Waals surface area contributed by atoms with Gasteiger partial charge in [0.25, 0.3) is 5.91 Å². The van der Waals surface area contributed by atoms with Crippen molar-refractivity contribution < 1.29 is 4.79 Å². The first-order valence-corrected chi connectivity index (χ1v) is 9.93. The van der Waals surface area contributed by atoms with Gasteiger partial charge in [-0.1, -0.05) is 17.7 Å². The monoisotopic (exact) mass is 364 g/mol. The Hall–Kier alpha value is -2.37. The number of amides is 1. The van der Waals surface area contributed by atoms with Crippen molar-refractivity contribution in [2.45, 2.75) is 11.8 Å². The molecule has 0 atom stereocenters. The highest BCUT2D eigenvalue weighted by molar-refractivity contribution is 7.98. The first-order valence-electron chi connectivity index (χ1n) is 7.89. The Morgan fingerprint density at radius 2 is 1.96 bits per heavy atom. The van der Waals surface area contributed by atoms with E-state index in [1.54, 1.807) is 11.8 Å². The number of anilines is 1. The second-order valence-electron chi connectivity index (χ2n) is 5.88. The van der Waals surface area contributed by atoms with Crippen LogP contribution >= 0.6 is 23.1 Å². The van der Waals surface area contributed by atoms with Gasteiger partial charge < -0.3 is 5.32 Å². The fraction of sp³-hybridized carbons (Fsp3) is 0.100. The van der Waals surface area contributed by atoms with Crippen LogP contribution in [0, 0.1) is 6.92 Å². The van der Waals surface area contributed by atoms with Gasteiger partial charge in [0, 0.05) is 21.4 Å². The van der Waals surface area contributed by atoms with Crippen LogP contribution in [0.3, 0.4) is 0 Å². The summed E-state index contributed by atoms with van der Waals surface area (Å²) in [4.78, 5) is 20.0.